The molecular weight excluding hydrogens is 691 g/mol. The molecule has 57 heavy (non-hydrogen) atoms. The molecule has 10 aromatic rings. The van der Waals surface area contributed by atoms with Gasteiger partial charge in [0.25, 0.3) is 0 Å². The Morgan fingerprint density at radius 2 is 0.947 bits per heavy atom. The molecule has 0 saturated carbocycles. The molecule has 2 nitrogen and oxygen atoms in total. The number of rotatable bonds is 6. The van der Waals surface area contributed by atoms with Crippen LogP contribution in [-0.4, -0.2) is 0 Å². The molecule has 0 bridgehead atoms. The summed E-state index contributed by atoms with van der Waals surface area (Å²) in [6.45, 7) is 4.70. The molecule has 1 heterocycles. The van der Waals surface area contributed by atoms with Crippen LogP contribution in [0.15, 0.2) is 205 Å². The predicted octanol–water partition coefficient (Wildman–Crippen LogP) is 15.5. The molecule has 2 heteroatoms. The number of nitrogens with zero attached hydrogens (tertiary/aromatic N) is 1. The second-order valence-corrected chi connectivity index (χ2v) is 15.7. The minimum atomic E-state index is -0.114. The van der Waals surface area contributed by atoms with Crippen LogP contribution in [0.4, 0.5) is 17.1 Å². The highest BCUT2D eigenvalue weighted by molar-refractivity contribution is 6.06. The van der Waals surface area contributed by atoms with Gasteiger partial charge in [-0.15, -0.1) is 0 Å². The van der Waals surface area contributed by atoms with Gasteiger partial charge >= 0.3 is 0 Å². The van der Waals surface area contributed by atoms with E-state index in [4.69, 9.17) is 4.42 Å². The Morgan fingerprint density at radius 1 is 0.351 bits per heavy atom. The van der Waals surface area contributed by atoms with Crippen molar-refractivity contribution in [3.63, 3.8) is 0 Å². The summed E-state index contributed by atoms with van der Waals surface area (Å²) < 4.78 is 6.14. The highest BCUT2D eigenvalue weighted by atomic mass is 16.3. The molecule has 0 fully saturated rings. The van der Waals surface area contributed by atoms with Crippen molar-refractivity contribution in [3.05, 3.63) is 211 Å². The van der Waals surface area contributed by atoms with E-state index in [1.54, 1.807) is 0 Å². The summed E-state index contributed by atoms with van der Waals surface area (Å²) in [6.07, 6.45) is 0. The highest BCUT2D eigenvalue weighted by Crippen LogP contribution is 2.51. The largest absolute Gasteiger partial charge is 0.456 e. The van der Waals surface area contributed by atoms with Gasteiger partial charge in [0, 0.05) is 33.2 Å². The van der Waals surface area contributed by atoms with Crippen LogP contribution in [0, 0.1) is 0 Å². The van der Waals surface area contributed by atoms with Crippen LogP contribution in [0.25, 0.3) is 77.2 Å². The Hall–Kier alpha value is -7.16. The first-order valence-corrected chi connectivity index (χ1v) is 19.7. The first kappa shape index (κ1) is 33.2. The molecule has 0 aliphatic heterocycles. The molecule has 11 rings (SSSR count). The zero-order valence-electron chi connectivity index (χ0n) is 31.9. The van der Waals surface area contributed by atoms with Crippen molar-refractivity contribution >= 4 is 49.8 Å². The SMILES string of the molecule is CC1(C)c2ccccc2-c2ccc(N(c3ccc(-c4ccc5oc6ccccc6c5c4)cc3)c3cccc(-c4cccc(-c5cccc6ccccc56)c4)c3)cc21. The van der Waals surface area contributed by atoms with Crippen LogP contribution < -0.4 is 4.90 Å². The second kappa shape index (κ2) is 13.0. The number of furan rings is 1. The third-order valence-electron chi connectivity index (χ3n) is 12.1. The minimum absolute atomic E-state index is 0.114. The van der Waals surface area contributed by atoms with Crippen LogP contribution in [-0.2, 0) is 5.41 Å². The van der Waals surface area contributed by atoms with Gasteiger partial charge in [0.15, 0.2) is 0 Å². The van der Waals surface area contributed by atoms with Crippen molar-refractivity contribution < 1.29 is 4.42 Å². The molecule has 270 valence electrons. The normalized spacial score (nSPS) is 12.9. The number of para-hydroxylation sites is 1. The number of hydrogen-bond acceptors (Lipinski definition) is 2. The lowest BCUT2D eigenvalue weighted by Gasteiger charge is -2.28. The fourth-order valence-corrected chi connectivity index (χ4v) is 9.16. The molecular formula is C55H39NO. The lowest BCUT2D eigenvalue weighted by molar-refractivity contribution is 0.660. The number of hydrogen-bond donors (Lipinski definition) is 0. The van der Waals surface area contributed by atoms with Crippen LogP contribution in [0.2, 0.25) is 0 Å². The molecule has 0 saturated heterocycles. The summed E-state index contributed by atoms with van der Waals surface area (Å²) in [5, 5.41) is 4.79. The Morgan fingerprint density at radius 3 is 1.84 bits per heavy atom. The molecule has 0 spiro atoms. The molecule has 0 N–H and O–H groups in total. The third-order valence-corrected chi connectivity index (χ3v) is 12.1. The molecule has 1 aromatic heterocycles. The monoisotopic (exact) mass is 729 g/mol. The maximum atomic E-state index is 6.14. The maximum Gasteiger partial charge on any atom is 0.135 e. The summed E-state index contributed by atoms with van der Waals surface area (Å²) >= 11 is 0. The zero-order valence-corrected chi connectivity index (χ0v) is 31.9. The fourth-order valence-electron chi connectivity index (χ4n) is 9.16. The summed E-state index contributed by atoms with van der Waals surface area (Å²) in [4.78, 5) is 2.41. The van der Waals surface area contributed by atoms with Crippen molar-refractivity contribution in [1.82, 2.24) is 0 Å². The topological polar surface area (TPSA) is 16.4 Å². The average Bonchev–Trinajstić information content (AvgIpc) is 3.75. The van der Waals surface area contributed by atoms with Gasteiger partial charge in [-0.1, -0.05) is 153 Å². The van der Waals surface area contributed by atoms with E-state index in [0.717, 1.165) is 50.1 Å². The first-order chi connectivity index (χ1) is 28.0. The Labute approximate surface area is 332 Å². The molecule has 0 atom stereocenters. The van der Waals surface area contributed by atoms with Crippen LogP contribution in [0.3, 0.4) is 0 Å². The molecule has 9 aromatic carbocycles. The van der Waals surface area contributed by atoms with Crippen LogP contribution in [0.1, 0.15) is 25.0 Å². The quantitative estimate of drug-likeness (QED) is 0.169. The van der Waals surface area contributed by atoms with Gasteiger partial charge in [0.2, 0.25) is 0 Å². The van der Waals surface area contributed by atoms with E-state index in [1.165, 1.54) is 55.3 Å². The average molecular weight is 730 g/mol. The van der Waals surface area contributed by atoms with Crippen molar-refractivity contribution in [2.24, 2.45) is 0 Å². The van der Waals surface area contributed by atoms with Gasteiger partial charge in [-0.2, -0.15) is 0 Å². The van der Waals surface area contributed by atoms with Crippen LogP contribution >= 0.6 is 0 Å². The van der Waals surface area contributed by atoms with Gasteiger partial charge in [-0.3, -0.25) is 0 Å². The van der Waals surface area contributed by atoms with Gasteiger partial charge < -0.3 is 9.32 Å². The number of benzene rings is 9. The van der Waals surface area contributed by atoms with Crippen LogP contribution in [0.5, 0.6) is 0 Å². The zero-order chi connectivity index (χ0) is 38.1. The lowest BCUT2D eigenvalue weighted by atomic mass is 9.82. The molecule has 0 amide bonds. The molecule has 0 radical (unpaired) electrons. The smallest absolute Gasteiger partial charge is 0.135 e. The standard InChI is InChI=1S/C55H39NO/c1-55(2)51-22-7-5-19-47(51)48-30-29-44(35-52(48)55)56(42-27-24-36(25-28-42)40-26-31-54-50(34-40)49-20-6-8-23-53(49)57-54)43-17-10-15-39(33-43)38-14-9-16-41(32-38)46-21-11-13-37-12-3-4-18-45(37)46/h3-35H,1-2H3. The van der Waals surface area contributed by atoms with E-state index in [9.17, 15) is 0 Å². The third kappa shape index (κ3) is 5.48. The van der Waals surface area contributed by atoms with Crippen molar-refractivity contribution in [1.29, 1.82) is 0 Å². The van der Waals surface area contributed by atoms with Gasteiger partial charge in [0.05, 0.1) is 0 Å². The Balaban J connectivity index is 1.02. The molecule has 0 unspecified atom stereocenters. The van der Waals surface area contributed by atoms with Gasteiger partial charge in [0.1, 0.15) is 11.2 Å². The van der Waals surface area contributed by atoms with E-state index in [-0.39, 0.29) is 5.41 Å². The molecule has 1 aliphatic rings. The minimum Gasteiger partial charge on any atom is -0.456 e. The van der Waals surface area contributed by atoms with E-state index < -0.39 is 0 Å². The van der Waals surface area contributed by atoms with E-state index in [2.05, 4.69) is 207 Å². The molecule has 1 aliphatic carbocycles. The van der Waals surface area contributed by atoms with E-state index >= 15 is 0 Å². The Bertz CT molecular complexity index is 3160. The van der Waals surface area contributed by atoms with Gasteiger partial charge in [-0.05, 0) is 127 Å². The summed E-state index contributed by atoms with van der Waals surface area (Å²) in [6, 6.07) is 72.8. The maximum absolute atomic E-state index is 6.14. The Kier molecular flexibility index (Phi) is 7.55. The van der Waals surface area contributed by atoms with Crippen molar-refractivity contribution in [3.8, 4) is 44.5 Å². The fraction of sp³-hybridized carbons (Fsp3) is 0.0545. The van der Waals surface area contributed by atoms with Crippen molar-refractivity contribution in [2.45, 2.75) is 19.3 Å². The van der Waals surface area contributed by atoms with E-state index in [0.29, 0.717) is 0 Å². The number of anilines is 3. The first-order valence-electron chi connectivity index (χ1n) is 19.7. The van der Waals surface area contributed by atoms with Gasteiger partial charge in [-0.25, -0.2) is 0 Å². The predicted molar refractivity (Wildman–Crippen MR) is 240 cm³/mol. The van der Waals surface area contributed by atoms with E-state index in [1.807, 2.05) is 12.1 Å². The summed E-state index contributed by atoms with van der Waals surface area (Å²) in [5.74, 6) is 0. The second-order valence-electron chi connectivity index (χ2n) is 15.7. The van der Waals surface area contributed by atoms with Crippen molar-refractivity contribution in [2.75, 3.05) is 4.90 Å². The summed E-state index contributed by atoms with van der Waals surface area (Å²) in [7, 11) is 0. The lowest BCUT2D eigenvalue weighted by Crippen LogP contribution is -2.16. The number of fused-ring (bicyclic) bond motifs is 7. The highest BCUT2D eigenvalue weighted by Gasteiger charge is 2.35. The summed E-state index contributed by atoms with van der Waals surface area (Å²) in [5.41, 5.74) is 17.6.